The largest absolute Gasteiger partial charge is 0.508 e. The fourth-order valence-electron chi connectivity index (χ4n) is 3.71. The normalized spacial score (nSPS) is 17.6. The summed E-state index contributed by atoms with van der Waals surface area (Å²) in [6.45, 7) is 5.36. The van der Waals surface area contributed by atoms with Gasteiger partial charge in [-0.1, -0.05) is 16.8 Å². The molecule has 1 aromatic carbocycles. The lowest BCUT2D eigenvalue weighted by molar-refractivity contribution is -0.0322. The van der Waals surface area contributed by atoms with Crippen molar-refractivity contribution in [3.05, 3.63) is 40.2 Å². The molecule has 3 aromatic rings. The van der Waals surface area contributed by atoms with Crippen LogP contribution in [0.5, 0.6) is 5.75 Å². The van der Waals surface area contributed by atoms with Gasteiger partial charge in [0.05, 0.1) is 34.6 Å². The van der Waals surface area contributed by atoms with Gasteiger partial charge < -0.3 is 20.3 Å². The van der Waals surface area contributed by atoms with Crippen LogP contribution in [-0.4, -0.2) is 45.3 Å². The lowest BCUT2D eigenvalue weighted by Gasteiger charge is -2.33. The maximum atomic E-state index is 14.5. The quantitative estimate of drug-likeness (QED) is 0.482. The Labute approximate surface area is 195 Å². The number of piperidine rings is 1. The zero-order chi connectivity index (χ0) is 22.3. The monoisotopic (exact) mass is 485 g/mol. The molecular formula is C21H23Cl2F2N5O2. The van der Waals surface area contributed by atoms with Crippen LogP contribution in [-0.2, 0) is 0 Å². The molecule has 0 amide bonds. The molecule has 2 aromatic heterocycles. The summed E-state index contributed by atoms with van der Waals surface area (Å²) in [5, 5.41) is 19.9. The van der Waals surface area contributed by atoms with Crippen molar-refractivity contribution >= 4 is 29.8 Å². The fraction of sp³-hybridized carbons (Fsp3) is 0.381. The van der Waals surface area contributed by atoms with Crippen LogP contribution in [0.25, 0.3) is 22.6 Å². The average Bonchev–Trinajstić information content (AvgIpc) is 3.05. The summed E-state index contributed by atoms with van der Waals surface area (Å²) in [6, 6.07) is 3.32. The van der Waals surface area contributed by atoms with Crippen LogP contribution in [0.1, 0.15) is 23.4 Å². The first kappa shape index (κ1) is 24.2. The average molecular weight is 486 g/mol. The van der Waals surface area contributed by atoms with Gasteiger partial charge in [-0.25, -0.2) is 18.7 Å². The third kappa shape index (κ3) is 4.51. The molecule has 1 aliphatic rings. The highest BCUT2D eigenvalue weighted by Gasteiger charge is 2.42. The van der Waals surface area contributed by atoms with Crippen LogP contribution in [0, 0.1) is 20.8 Å². The predicted octanol–water partition coefficient (Wildman–Crippen LogP) is 4.91. The molecule has 172 valence electrons. The van der Waals surface area contributed by atoms with Crippen molar-refractivity contribution in [2.24, 2.45) is 0 Å². The molecule has 0 aliphatic carbocycles. The highest BCUT2D eigenvalue weighted by atomic mass is 35.5. The number of halogens is 4. The molecule has 4 rings (SSSR count). The number of phenols is 1. The first-order valence-corrected chi connectivity index (χ1v) is 10.2. The van der Waals surface area contributed by atoms with Gasteiger partial charge in [0, 0.05) is 11.1 Å². The van der Waals surface area contributed by atoms with E-state index in [0.29, 0.717) is 45.4 Å². The van der Waals surface area contributed by atoms with Crippen molar-refractivity contribution in [2.45, 2.75) is 39.2 Å². The molecule has 3 N–H and O–H groups in total. The van der Waals surface area contributed by atoms with Crippen LogP contribution in [0.3, 0.4) is 0 Å². The second-order valence-corrected chi connectivity index (χ2v) is 8.06. The lowest BCUT2D eigenvalue weighted by Crippen LogP contribution is -2.53. The van der Waals surface area contributed by atoms with Crippen LogP contribution >= 0.6 is 24.0 Å². The molecule has 0 bridgehead atoms. The Morgan fingerprint density at radius 3 is 2.66 bits per heavy atom. The molecule has 1 unspecified atom stereocenters. The third-order valence-electron chi connectivity index (χ3n) is 5.40. The molecule has 3 heterocycles. The number of aromatic hydroxyl groups is 1. The Balaban J connectivity index is 0.00000289. The second-order valence-electron chi connectivity index (χ2n) is 7.66. The van der Waals surface area contributed by atoms with Crippen LogP contribution in [0.15, 0.2) is 22.7 Å². The van der Waals surface area contributed by atoms with E-state index < -0.39 is 18.5 Å². The van der Waals surface area contributed by atoms with Crippen molar-refractivity contribution in [2.75, 3.05) is 18.4 Å². The zero-order valence-corrected chi connectivity index (χ0v) is 19.2. The minimum atomic E-state index is -2.94. The van der Waals surface area contributed by atoms with Gasteiger partial charge in [-0.15, -0.1) is 12.4 Å². The SMILES string of the molecule is Cc1noc(C)c1-c1nc(-c2cc(O)ccc2Cl)nc(NC2CCNCC2(F)F)c1C.Cl. The summed E-state index contributed by atoms with van der Waals surface area (Å²) in [7, 11) is 0. The van der Waals surface area contributed by atoms with E-state index in [2.05, 4.69) is 25.8 Å². The van der Waals surface area contributed by atoms with Crippen LogP contribution in [0.2, 0.25) is 5.02 Å². The molecule has 0 spiro atoms. The van der Waals surface area contributed by atoms with Gasteiger partial charge in [-0.2, -0.15) is 0 Å². The number of anilines is 1. The summed E-state index contributed by atoms with van der Waals surface area (Å²) < 4.78 is 34.3. The Morgan fingerprint density at radius 1 is 1.25 bits per heavy atom. The van der Waals surface area contributed by atoms with E-state index in [1.807, 2.05) is 0 Å². The summed E-state index contributed by atoms with van der Waals surface area (Å²) in [5.74, 6) is -1.94. The molecule has 32 heavy (non-hydrogen) atoms. The molecule has 1 fully saturated rings. The van der Waals surface area contributed by atoms with Gasteiger partial charge in [0.2, 0.25) is 0 Å². The first-order valence-electron chi connectivity index (χ1n) is 9.83. The second kappa shape index (κ2) is 9.17. The number of hydrogen-bond acceptors (Lipinski definition) is 7. The first-order chi connectivity index (χ1) is 14.7. The van der Waals surface area contributed by atoms with Gasteiger partial charge in [0.1, 0.15) is 17.3 Å². The standard InChI is InChI=1S/C21H22ClF2N5O2.ClH/c1-10-18(17-11(2)29-31-12(17)3)27-20(14-8-13(30)4-5-15(14)22)28-19(10)26-16-6-7-25-9-21(16,23)24;/h4-5,8,16,25,30H,6-7,9H2,1-3H3,(H,26,27,28);1H. The number of alkyl halides is 2. The summed E-state index contributed by atoms with van der Waals surface area (Å²) in [5.41, 5.74) is 2.75. The van der Waals surface area contributed by atoms with E-state index in [1.165, 1.54) is 18.2 Å². The molecule has 0 radical (unpaired) electrons. The molecule has 1 saturated heterocycles. The smallest absolute Gasteiger partial charge is 0.279 e. The van der Waals surface area contributed by atoms with Gasteiger partial charge in [0.15, 0.2) is 5.82 Å². The molecule has 7 nitrogen and oxygen atoms in total. The Kier molecular flexibility index (Phi) is 6.92. The maximum Gasteiger partial charge on any atom is 0.279 e. The van der Waals surface area contributed by atoms with Gasteiger partial charge in [0.25, 0.3) is 5.92 Å². The summed E-state index contributed by atoms with van der Waals surface area (Å²) >= 11 is 6.33. The Morgan fingerprint density at radius 2 is 2.00 bits per heavy atom. The van der Waals surface area contributed by atoms with Crippen molar-refractivity contribution in [1.82, 2.24) is 20.4 Å². The number of rotatable bonds is 4. The van der Waals surface area contributed by atoms with Crippen molar-refractivity contribution < 1.29 is 18.4 Å². The number of aromatic nitrogens is 3. The molecule has 1 aliphatic heterocycles. The van der Waals surface area contributed by atoms with Crippen molar-refractivity contribution in [3.63, 3.8) is 0 Å². The molecule has 1 atom stereocenters. The van der Waals surface area contributed by atoms with Gasteiger partial charge in [-0.05, 0) is 51.9 Å². The summed E-state index contributed by atoms with van der Waals surface area (Å²) in [6.07, 6.45) is 0.235. The number of hydrogen-bond donors (Lipinski definition) is 3. The number of benzene rings is 1. The third-order valence-corrected chi connectivity index (χ3v) is 5.73. The van der Waals surface area contributed by atoms with Gasteiger partial charge >= 0.3 is 0 Å². The van der Waals surface area contributed by atoms with E-state index in [9.17, 15) is 13.9 Å². The minimum absolute atomic E-state index is 0. The number of nitrogens with zero attached hydrogens (tertiary/aromatic N) is 3. The molecule has 11 heteroatoms. The highest BCUT2D eigenvalue weighted by Crippen LogP contribution is 2.37. The number of nitrogens with one attached hydrogen (secondary N) is 2. The van der Waals surface area contributed by atoms with E-state index in [0.717, 1.165) is 0 Å². The molecule has 0 saturated carbocycles. The lowest BCUT2D eigenvalue weighted by atomic mass is 10.0. The van der Waals surface area contributed by atoms with Crippen LogP contribution in [0.4, 0.5) is 14.6 Å². The fourth-order valence-corrected chi connectivity index (χ4v) is 3.91. The van der Waals surface area contributed by atoms with E-state index in [4.69, 9.17) is 16.1 Å². The number of phenolic OH excluding ortho intramolecular Hbond substituents is 1. The van der Waals surface area contributed by atoms with Gasteiger partial charge in [-0.3, -0.25) is 0 Å². The van der Waals surface area contributed by atoms with E-state index >= 15 is 0 Å². The van der Waals surface area contributed by atoms with Crippen LogP contribution < -0.4 is 10.6 Å². The minimum Gasteiger partial charge on any atom is -0.508 e. The molecular weight excluding hydrogens is 463 g/mol. The summed E-state index contributed by atoms with van der Waals surface area (Å²) in [4.78, 5) is 9.16. The van der Waals surface area contributed by atoms with Crippen molar-refractivity contribution in [3.8, 4) is 28.4 Å². The Bertz CT molecular complexity index is 1120. The predicted molar refractivity (Wildman–Crippen MR) is 121 cm³/mol. The van der Waals surface area contributed by atoms with Crippen molar-refractivity contribution in [1.29, 1.82) is 0 Å². The zero-order valence-electron chi connectivity index (χ0n) is 17.7. The number of aryl methyl sites for hydroxylation is 2. The Hall–Kier alpha value is -2.49. The van der Waals surface area contributed by atoms with E-state index in [1.54, 1.807) is 20.8 Å². The maximum absolute atomic E-state index is 14.5. The van der Waals surface area contributed by atoms with E-state index in [-0.39, 0.29) is 36.2 Å². The highest BCUT2D eigenvalue weighted by molar-refractivity contribution is 6.33. The topological polar surface area (TPSA) is 96.1 Å².